The Hall–Kier alpha value is -1.32. The van der Waals surface area contributed by atoms with Crippen LogP contribution in [0.5, 0.6) is 5.75 Å². The molecule has 0 aliphatic carbocycles. The molecule has 0 radical (unpaired) electrons. The first kappa shape index (κ1) is 20.0. The molecule has 1 N–H and O–H groups in total. The number of aryl methyl sites for hydroxylation is 1. The Kier molecular flexibility index (Phi) is 7.52. The minimum Gasteiger partial charge on any atom is -1.00 e. The van der Waals surface area contributed by atoms with E-state index in [2.05, 4.69) is 55.3 Å². The quantitative estimate of drug-likeness (QED) is 0.825. The Balaban J connectivity index is 0.00000169. The Morgan fingerprint density at radius 2 is 1.92 bits per heavy atom. The van der Waals surface area contributed by atoms with E-state index in [4.69, 9.17) is 0 Å². The van der Waals surface area contributed by atoms with Crippen molar-refractivity contribution in [3.8, 4) is 5.75 Å². The van der Waals surface area contributed by atoms with Crippen LogP contribution in [0, 0.1) is 0 Å². The van der Waals surface area contributed by atoms with Gasteiger partial charge in [0.1, 0.15) is 5.75 Å². The molecule has 2 nitrogen and oxygen atoms in total. The Labute approximate surface area is 164 Å². The molecule has 1 heterocycles. The van der Waals surface area contributed by atoms with Crippen molar-refractivity contribution in [1.29, 1.82) is 0 Å². The molecular formula is C22H30BrNO. The molecule has 1 saturated heterocycles. The molecule has 136 valence electrons. The summed E-state index contributed by atoms with van der Waals surface area (Å²) in [5, 5.41) is 10.5. The van der Waals surface area contributed by atoms with Gasteiger partial charge in [-0.25, -0.2) is 0 Å². The van der Waals surface area contributed by atoms with Gasteiger partial charge in [0.15, 0.2) is 0 Å². The van der Waals surface area contributed by atoms with Crippen LogP contribution in [0.2, 0.25) is 0 Å². The van der Waals surface area contributed by atoms with E-state index in [0.717, 1.165) is 18.4 Å². The van der Waals surface area contributed by atoms with Crippen LogP contribution in [0.3, 0.4) is 0 Å². The zero-order valence-corrected chi connectivity index (χ0v) is 16.9. The van der Waals surface area contributed by atoms with Crippen molar-refractivity contribution < 1.29 is 23.5 Å². The molecule has 1 aliphatic heterocycles. The van der Waals surface area contributed by atoms with Crippen molar-refractivity contribution in [2.75, 3.05) is 13.6 Å². The lowest BCUT2D eigenvalue weighted by Gasteiger charge is -2.35. The molecule has 25 heavy (non-hydrogen) atoms. The highest BCUT2D eigenvalue weighted by molar-refractivity contribution is 5.44. The molecule has 0 spiro atoms. The number of phenols is 1. The van der Waals surface area contributed by atoms with Crippen molar-refractivity contribution >= 4 is 0 Å². The van der Waals surface area contributed by atoms with Crippen molar-refractivity contribution in [3.63, 3.8) is 0 Å². The number of likely N-dealkylation sites (tertiary alicyclic amines) is 1. The van der Waals surface area contributed by atoms with Crippen molar-refractivity contribution in [1.82, 2.24) is 4.90 Å². The third-order valence-corrected chi connectivity index (χ3v) is 5.51. The fourth-order valence-corrected chi connectivity index (χ4v) is 3.94. The number of phenolic OH excluding ortho intramolecular Hbond substituents is 1. The zero-order chi connectivity index (χ0) is 16.9. The number of benzene rings is 2. The Morgan fingerprint density at radius 3 is 2.60 bits per heavy atom. The fourth-order valence-electron chi connectivity index (χ4n) is 3.94. The number of halogens is 1. The Bertz CT molecular complexity index is 664. The molecule has 2 unspecified atom stereocenters. The first-order valence-corrected chi connectivity index (χ1v) is 9.26. The van der Waals surface area contributed by atoms with Gasteiger partial charge in [-0.3, -0.25) is 0 Å². The SMILES string of the molecule is CCc1ccc(O)c(C(CC2CCCCN2C)c2ccccc2)c1.[Br-].[H+]. The van der Waals surface area contributed by atoms with Crippen molar-refractivity contribution in [2.45, 2.75) is 51.0 Å². The van der Waals surface area contributed by atoms with E-state index < -0.39 is 0 Å². The van der Waals surface area contributed by atoms with E-state index in [0.29, 0.717) is 11.8 Å². The summed E-state index contributed by atoms with van der Waals surface area (Å²) >= 11 is 0. The maximum atomic E-state index is 10.5. The van der Waals surface area contributed by atoms with Crippen LogP contribution < -0.4 is 17.0 Å². The van der Waals surface area contributed by atoms with Crippen molar-refractivity contribution in [2.24, 2.45) is 0 Å². The highest BCUT2D eigenvalue weighted by Crippen LogP contribution is 2.37. The second-order valence-electron chi connectivity index (χ2n) is 7.08. The summed E-state index contributed by atoms with van der Waals surface area (Å²) in [7, 11) is 2.24. The zero-order valence-electron chi connectivity index (χ0n) is 16.3. The van der Waals surface area contributed by atoms with Crippen LogP contribution in [-0.4, -0.2) is 29.6 Å². The standard InChI is InChI=1S/C22H29NO.BrH/c1-3-17-12-13-22(24)21(15-17)20(18-9-5-4-6-10-18)16-19-11-7-8-14-23(19)2;/h4-6,9-10,12-13,15,19-20,24H,3,7-8,11,14,16H2,1-2H3;1H. The van der Waals surface area contributed by atoms with Crippen LogP contribution in [0.4, 0.5) is 0 Å². The van der Waals surface area contributed by atoms with Gasteiger partial charge in [0.05, 0.1) is 0 Å². The van der Waals surface area contributed by atoms with Gasteiger partial charge >= 0.3 is 1.43 Å². The molecule has 2 aromatic rings. The molecular weight excluding hydrogens is 374 g/mol. The van der Waals surface area contributed by atoms with E-state index >= 15 is 0 Å². The topological polar surface area (TPSA) is 23.5 Å². The lowest BCUT2D eigenvalue weighted by atomic mass is 9.82. The average molecular weight is 404 g/mol. The first-order chi connectivity index (χ1) is 11.7. The minimum atomic E-state index is 0. The van der Waals surface area contributed by atoms with Gasteiger partial charge in [-0.1, -0.05) is 55.8 Å². The van der Waals surface area contributed by atoms with Gasteiger partial charge in [-0.05, 0) is 56.5 Å². The Morgan fingerprint density at radius 1 is 1.16 bits per heavy atom. The highest BCUT2D eigenvalue weighted by Gasteiger charge is 2.26. The maximum Gasteiger partial charge on any atom is 1.00 e. The van der Waals surface area contributed by atoms with Gasteiger partial charge in [0, 0.05) is 17.5 Å². The van der Waals surface area contributed by atoms with Gasteiger partial charge < -0.3 is 27.0 Å². The van der Waals surface area contributed by atoms with Crippen LogP contribution in [0.25, 0.3) is 0 Å². The molecule has 1 aliphatic rings. The summed E-state index contributed by atoms with van der Waals surface area (Å²) in [4.78, 5) is 2.50. The van der Waals surface area contributed by atoms with Crippen molar-refractivity contribution in [3.05, 3.63) is 65.2 Å². The lowest BCUT2D eigenvalue weighted by molar-refractivity contribution is -0.00000601. The molecule has 0 amide bonds. The summed E-state index contributed by atoms with van der Waals surface area (Å²) in [5.41, 5.74) is 3.68. The third kappa shape index (κ3) is 4.86. The fraction of sp³-hybridized carbons (Fsp3) is 0.455. The van der Waals surface area contributed by atoms with Crippen LogP contribution in [0.15, 0.2) is 48.5 Å². The predicted molar refractivity (Wildman–Crippen MR) is 102 cm³/mol. The van der Waals surface area contributed by atoms with E-state index in [9.17, 15) is 5.11 Å². The minimum absolute atomic E-state index is 0. The molecule has 1 fully saturated rings. The second kappa shape index (κ2) is 9.40. The third-order valence-electron chi connectivity index (χ3n) is 5.51. The maximum absolute atomic E-state index is 10.5. The number of nitrogens with zero attached hydrogens (tertiary/aromatic N) is 1. The first-order valence-electron chi connectivity index (χ1n) is 9.26. The summed E-state index contributed by atoms with van der Waals surface area (Å²) in [5.74, 6) is 0.683. The van der Waals surface area contributed by atoms with Gasteiger partial charge in [-0.2, -0.15) is 0 Å². The van der Waals surface area contributed by atoms with Gasteiger partial charge in [-0.15, -0.1) is 0 Å². The average Bonchev–Trinajstić information content (AvgIpc) is 2.62. The number of hydrogen-bond acceptors (Lipinski definition) is 2. The van der Waals surface area contributed by atoms with Gasteiger partial charge in [0.2, 0.25) is 0 Å². The van der Waals surface area contributed by atoms with E-state index in [-0.39, 0.29) is 24.3 Å². The van der Waals surface area contributed by atoms with Crippen LogP contribution in [-0.2, 0) is 6.42 Å². The number of piperidine rings is 1. The molecule has 2 aromatic carbocycles. The molecule has 3 rings (SSSR count). The molecule has 2 atom stereocenters. The molecule has 0 aromatic heterocycles. The summed E-state index contributed by atoms with van der Waals surface area (Å²) in [6.45, 7) is 3.36. The van der Waals surface area contributed by atoms with Crippen LogP contribution in [0.1, 0.15) is 56.6 Å². The smallest absolute Gasteiger partial charge is 1.00 e. The lowest BCUT2D eigenvalue weighted by Crippen LogP contribution is -3.00. The predicted octanol–water partition coefficient (Wildman–Crippen LogP) is 2.08. The monoisotopic (exact) mass is 403 g/mol. The van der Waals surface area contributed by atoms with E-state index in [1.807, 2.05) is 12.1 Å². The highest BCUT2D eigenvalue weighted by atomic mass is 79.9. The van der Waals surface area contributed by atoms with E-state index in [1.165, 1.54) is 36.9 Å². The molecule has 0 saturated carbocycles. The number of hydrogen-bond donors (Lipinski definition) is 1. The van der Waals surface area contributed by atoms with Crippen LogP contribution >= 0.6 is 0 Å². The summed E-state index contributed by atoms with van der Waals surface area (Å²) in [6, 6.07) is 17.4. The summed E-state index contributed by atoms with van der Waals surface area (Å²) < 4.78 is 0. The van der Waals surface area contributed by atoms with E-state index in [1.54, 1.807) is 0 Å². The number of aromatic hydroxyl groups is 1. The van der Waals surface area contributed by atoms with Gasteiger partial charge in [0.25, 0.3) is 0 Å². The normalized spacial score (nSPS) is 19.2. The second-order valence-corrected chi connectivity index (χ2v) is 7.08. The molecule has 0 bridgehead atoms. The number of rotatable bonds is 5. The summed E-state index contributed by atoms with van der Waals surface area (Å²) in [6.07, 6.45) is 5.95. The molecule has 3 heteroatoms. The largest absolute Gasteiger partial charge is 1.00 e.